The molecule has 0 atom stereocenters. The number of phenolic OH excluding ortho intramolecular Hbond substituents is 1. The van der Waals surface area contributed by atoms with Gasteiger partial charge in [-0.25, -0.2) is 4.79 Å². The molecule has 1 aliphatic heterocycles. The SMILES string of the molecule is O=C(CCN1CCCC1)Nc1ccc(O)cc1C(=O)O. The molecule has 6 nitrogen and oxygen atoms in total. The molecule has 1 fully saturated rings. The Labute approximate surface area is 117 Å². The van der Waals surface area contributed by atoms with Crippen LogP contribution in [0, 0.1) is 0 Å². The molecule has 20 heavy (non-hydrogen) atoms. The van der Waals surface area contributed by atoms with E-state index in [4.69, 9.17) is 5.11 Å². The standard InChI is InChI=1S/C14H18N2O4/c17-10-3-4-12(11(9-10)14(19)20)15-13(18)5-8-16-6-1-2-7-16/h3-4,9,17H,1-2,5-8H2,(H,15,18)(H,19,20). The number of aromatic hydroxyl groups is 1. The summed E-state index contributed by atoms with van der Waals surface area (Å²) < 4.78 is 0. The molecule has 1 aromatic carbocycles. The van der Waals surface area contributed by atoms with Crippen molar-refractivity contribution in [3.63, 3.8) is 0 Å². The van der Waals surface area contributed by atoms with Crippen molar-refractivity contribution in [2.75, 3.05) is 25.0 Å². The highest BCUT2D eigenvalue weighted by Gasteiger charge is 2.15. The van der Waals surface area contributed by atoms with Gasteiger partial charge in [0, 0.05) is 13.0 Å². The molecular formula is C14H18N2O4. The monoisotopic (exact) mass is 278 g/mol. The van der Waals surface area contributed by atoms with Crippen LogP contribution >= 0.6 is 0 Å². The van der Waals surface area contributed by atoms with Crippen LogP contribution in [0.15, 0.2) is 18.2 Å². The molecular weight excluding hydrogens is 260 g/mol. The minimum absolute atomic E-state index is 0.112. The highest BCUT2D eigenvalue weighted by atomic mass is 16.4. The Morgan fingerprint density at radius 2 is 1.95 bits per heavy atom. The zero-order chi connectivity index (χ0) is 14.5. The Bertz CT molecular complexity index is 510. The van der Waals surface area contributed by atoms with E-state index in [-0.39, 0.29) is 22.9 Å². The van der Waals surface area contributed by atoms with Crippen LogP contribution in [0.2, 0.25) is 0 Å². The minimum atomic E-state index is -1.18. The molecule has 1 aromatic rings. The van der Waals surface area contributed by atoms with Crippen LogP contribution in [0.4, 0.5) is 5.69 Å². The number of carboxylic acids is 1. The van der Waals surface area contributed by atoms with Crippen LogP contribution in [0.1, 0.15) is 29.6 Å². The Morgan fingerprint density at radius 3 is 2.60 bits per heavy atom. The predicted octanol–water partition coefficient (Wildman–Crippen LogP) is 1.51. The third-order valence-electron chi connectivity index (χ3n) is 3.36. The third kappa shape index (κ3) is 3.71. The molecule has 0 radical (unpaired) electrons. The Kier molecular flexibility index (Phi) is 4.57. The number of carboxylic acid groups (broad SMARTS) is 1. The first-order valence-corrected chi connectivity index (χ1v) is 6.65. The number of nitrogens with one attached hydrogen (secondary N) is 1. The van der Waals surface area contributed by atoms with Crippen molar-refractivity contribution in [3.05, 3.63) is 23.8 Å². The van der Waals surface area contributed by atoms with Gasteiger partial charge in [0.1, 0.15) is 5.75 Å². The van der Waals surface area contributed by atoms with E-state index in [1.54, 1.807) is 0 Å². The fraction of sp³-hybridized carbons (Fsp3) is 0.429. The fourth-order valence-electron chi connectivity index (χ4n) is 2.30. The lowest BCUT2D eigenvalue weighted by atomic mass is 10.1. The number of nitrogens with zero attached hydrogens (tertiary/aromatic N) is 1. The highest BCUT2D eigenvalue weighted by molar-refractivity contribution is 6.00. The Morgan fingerprint density at radius 1 is 1.25 bits per heavy atom. The maximum absolute atomic E-state index is 11.8. The number of rotatable bonds is 5. The van der Waals surface area contributed by atoms with Crippen LogP contribution in [-0.2, 0) is 4.79 Å². The second-order valence-electron chi connectivity index (χ2n) is 4.88. The first-order chi connectivity index (χ1) is 9.56. The molecule has 0 saturated carbocycles. The number of phenols is 1. The summed E-state index contributed by atoms with van der Waals surface area (Å²) >= 11 is 0. The molecule has 0 spiro atoms. The lowest BCUT2D eigenvalue weighted by Crippen LogP contribution is -2.25. The highest BCUT2D eigenvalue weighted by Crippen LogP contribution is 2.21. The lowest BCUT2D eigenvalue weighted by Gasteiger charge is -2.14. The number of aromatic carboxylic acids is 1. The van der Waals surface area contributed by atoms with Gasteiger partial charge in [0.25, 0.3) is 0 Å². The van der Waals surface area contributed by atoms with E-state index in [0.29, 0.717) is 13.0 Å². The van der Waals surface area contributed by atoms with Gasteiger partial charge in [-0.15, -0.1) is 0 Å². The predicted molar refractivity (Wildman–Crippen MR) is 74.0 cm³/mol. The van der Waals surface area contributed by atoms with Crippen molar-refractivity contribution in [3.8, 4) is 5.75 Å². The number of amides is 1. The van der Waals surface area contributed by atoms with Gasteiger partial charge in [0.05, 0.1) is 11.3 Å². The molecule has 1 aliphatic rings. The third-order valence-corrected chi connectivity index (χ3v) is 3.36. The summed E-state index contributed by atoms with van der Waals surface area (Å²) in [6, 6.07) is 3.87. The molecule has 2 rings (SSSR count). The number of carbonyl (C=O) groups is 2. The average molecular weight is 278 g/mol. The summed E-state index contributed by atoms with van der Waals surface area (Å²) in [5.41, 5.74) is 0.0984. The molecule has 6 heteroatoms. The second-order valence-corrected chi connectivity index (χ2v) is 4.88. The van der Waals surface area contributed by atoms with Crippen LogP contribution in [0.5, 0.6) is 5.75 Å². The van der Waals surface area contributed by atoms with Gasteiger partial charge < -0.3 is 20.4 Å². The van der Waals surface area contributed by atoms with Crippen molar-refractivity contribution >= 4 is 17.6 Å². The number of hydrogen-bond donors (Lipinski definition) is 3. The molecule has 0 aliphatic carbocycles. The van der Waals surface area contributed by atoms with E-state index < -0.39 is 5.97 Å². The first-order valence-electron chi connectivity index (χ1n) is 6.65. The molecule has 108 valence electrons. The molecule has 0 bridgehead atoms. The molecule has 3 N–H and O–H groups in total. The summed E-state index contributed by atoms with van der Waals surface area (Å²) in [4.78, 5) is 25.1. The summed E-state index contributed by atoms with van der Waals surface area (Å²) in [6.07, 6.45) is 2.67. The van der Waals surface area contributed by atoms with Gasteiger partial charge in [0.2, 0.25) is 5.91 Å². The van der Waals surface area contributed by atoms with Gasteiger partial charge >= 0.3 is 5.97 Å². The number of hydrogen-bond acceptors (Lipinski definition) is 4. The maximum Gasteiger partial charge on any atom is 0.337 e. The fourth-order valence-corrected chi connectivity index (χ4v) is 2.30. The van der Waals surface area contributed by atoms with E-state index in [2.05, 4.69) is 10.2 Å². The van der Waals surface area contributed by atoms with Crippen LogP contribution in [0.25, 0.3) is 0 Å². The zero-order valence-corrected chi connectivity index (χ0v) is 11.1. The van der Waals surface area contributed by atoms with Crippen molar-refractivity contribution in [1.29, 1.82) is 0 Å². The largest absolute Gasteiger partial charge is 0.508 e. The van der Waals surface area contributed by atoms with Gasteiger partial charge in [-0.3, -0.25) is 4.79 Å². The molecule has 0 aromatic heterocycles. The zero-order valence-electron chi connectivity index (χ0n) is 11.1. The van der Waals surface area contributed by atoms with Crippen molar-refractivity contribution in [1.82, 2.24) is 4.90 Å². The Balaban J connectivity index is 1.94. The van der Waals surface area contributed by atoms with Crippen molar-refractivity contribution in [2.45, 2.75) is 19.3 Å². The van der Waals surface area contributed by atoms with Gasteiger partial charge in [0.15, 0.2) is 0 Å². The normalized spacial score (nSPS) is 15.2. The number of anilines is 1. The molecule has 0 unspecified atom stereocenters. The summed E-state index contributed by atoms with van der Waals surface area (Å²) in [5.74, 6) is -1.54. The lowest BCUT2D eigenvalue weighted by molar-refractivity contribution is -0.116. The van der Waals surface area contributed by atoms with Crippen LogP contribution in [0.3, 0.4) is 0 Å². The smallest absolute Gasteiger partial charge is 0.337 e. The molecule has 1 amide bonds. The second kappa shape index (κ2) is 6.38. The molecule has 1 saturated heterocycles. The molecule has 1 heterocycles. The topological polar surface area (TPSA) is 89.9 Å². The van der Waals surface area contributed by atoms with Crippen molar-refractivity contribution in [2.24, 2.45) is 0 Å². The first kappa shape index (κ1) is 14.3. The van der Waals surface area contributed by atoms with E-state index >= 15 is 0 Å². The van der Waals surface area contributed by atoms with E-state index in [0.717, 1.165) is 19.2 Å². The minimum Gasteiger partial charge on any atom is -0.508 e. The summed E-state index contributed by atoms with van der Waals surface area (Å²) in [6.45, 7) is 2.73. The van der Waals surface area contributed by atoms with E-state index in [9.17, 15) is 14.7 Å². The van der Waals surface area contributed by atoms with Gasteiger partial charge in [-0.1, -0.05) is 0 Å². The van der Waals surface area contributed by atoms with Crippen molar-refractivity contribution < 1.29 is 19.8 Å². The number of carbonyl (C=O) groups excluding carboxylic acids is 1. The van der Waals surface area contributed by atoms with E-state index in [1.807, 2.05) is 0 Å². The summed E-state index contributed by atoms with van der Waals surface area (Å²) in [7, 11) is 0. The van der Waals surface area contributed by atoms with Gasteiger partial charge in [-0.05, 0) is 44.1 Å². The number of benzene rings is 1. The quantitative estimate of drug-likeness (QED) is 0.710. The number of likely N-dealkylation sites (tertiary alicyclic amines) is 1. The van der Waals surface area contributed by atoms with Crippen LogP contribution < -0.4 is 5.32 Å². The maximum atomic E-state index is 11.8. The summed E-state index contributed by atoms with van der Waals surface area (Å²) in [5, 5.41) is 20.9. The van der Waals surface area contributed by atoms with Crippen LogP contribution in [-0.4, -0.2) is 46.6 Å². The van der Waals surface area contributed by atoms with E-state index in [1.165, 1.54) is 25.0 Å². The average Bonchev–Trinajstić information content (AvgIpc) is 2.91. The van der Waals surface area contributed by atoms with Gasteiger partial charge in [-0.2, -0.15) is 0 Å². The Hall–Kier alpha value is -2.08.